The molecule has 4 rings (SSSR count). The molecular formula is C24H21ClN4O3S2. The Morgan fingerprint density at radius 2 is 1.97 bits per heavy atom. The summed E-state index contributed by atoms with van der Waals surface area (Å²) in [6.45, 7) is 5.81. The van der Waals surface area contributed by atoms with Crippen LogP contribution in [-0.2, 0) is 4.79 Å². The van der Waals surface area contributed by atoms with Gasteiger partial charge in [0, 0.05) is 11.1 Å². The SMILES string of the molecule is COc1cccc(C(=O)NN2C(=O)C(=Cc3c(C)nn(-c4cc(C)ccc4C)c3Cl)SC2=S)c1. The molecule has 0 unspecified atom stereocenters. The van der Waals surface area contributed by atoms with Crippen LogP contribution < -0.4 is 10.2 Å². The molecule has 10 heteroatoms. The molecule has 0 atom stereocenters. The van der Waals surface area contributed by atoms with Crippen molar-refractivity contribution in [1.82, 2.24) is 20.2 Å². The topological polar surface area (TPSA) is 76.5 Å². The van der Waals surface area contributed by atoms with Gasteiger partial charge >= 0.3 is 0 Å². The molecule has 1 aliphatic heterocycles. The molecule has 1 fully saturated rings. The number of aromatic nitrogens is 2. The number of hydrazine groups is 1. The first-order valence-corrected chi connectivity index (χ1v) is 11.9. The molecule has 1 N–H and O–H groups in total. The van der Waals surface area contributed by atoms with Crippen molar-refractivity contribution in [2.75, 3.05) is 7.11 Å². The summed E-state index contributed by atoms with van der Waals surface area (Å²) in [5, 5.41) is 6.03. The highest BCUT2D eigenvalue weighted by molar-refractivity contribution is 8.26. The van der Waals surface area contributed by atoms with Gasteiger partial charge < -0.3 is 4.74 Å². The van der Waals surface area contributed by atoms with Gasteiger partial charge in [-0.15, -0.1) is 0 Å². The van der Waals surface area contributed by atoms with E-state index >= 15 is 0 Å². The van der Waals surface area contributed by atoms with Crippen LogP contribution in [0.4, 0.5) is 0 Å². The number of nitrogens with one attached hydrogen (secondary N) is 1. The number of rotatable bonds is 5. The second kappa shape index (κ2) is 9.61. The van der Waals surface area contributed by atoms with Crippen molar-refractivity contribution in [1.29, 1.82) is 0 Å². The second-order valence-corrected chi connectivity index (χ2v) is 9.72. The predicted molar refractivity (Wildman–Crippen MR) is 138 cm³/mol. The molecule has 2 heterocycles. The molecule has 0 spiro atoms. The Hall–Kier alpha value is -3.14. The number of ether oxygens (including phenoxy) is 1. The maximum atomic E-state index is 13.0. The molecule has 3 aromatic rings. The fraction of sp³-hybridized carbons (Fsp3) is 0.167. The summed E-state index contributed by atoms with van der Waals surface area (Å²) in [4.78, 5) is 26.1. The zero-order valence-electron chi connectivity index (χ0n) is 18.9. The number of thiocarbonyl (C=S) groups is 1. The molecule has 0 radical (unpaired) electrons. The van der Waals surface area contributed by atoms with Crippen LogP contribution in [0.2, 0.25) is 5.15 Å². The molecule has 0 saturated carbocycles. The van der Waals surface area contributed by atoms with E-state index in [-0.39, 0.29) is 4.32 Å². The zero-order chi connectivity index (χ0) is 24.6. The van der Waals surface area contributed by atoms with Crippen molar-refractivity contribution in [2.45, 2.75) is 20.8 Å². The molecule has 1 saturated heterocycles. The van der Waals surface area contributed by atoms with Gasteiger partial charge in [0.2, 0.25) is 0 Å². The Morgan fingerprint density at radius 1 is 1.21 bits per heavy atom. The molecule has 174 valence electrons. The summed E-state index contributed by atoms with van der Waals surface area (Å²) in [7, 11) is 1.51. The van der Waals surface area contributed by atoms with Gasteiger partial charge in [-0.05, 0) is 74.5 Å². The number of aryl methyl sites for hydroxylation is 3. The molecule has 1 aromatic heterocycles. The largest absolute Gasteiger partial charge is 0.497 e. The van der Waals surface area contributed by atoms with Crippen LogP contribution in [-0.4, -0.2) is 38.0 Å². The molecule has 1 aliphatic rings. The van der Waals surface area contributed by atoms with E-state index in [1.54, 1.807) is 35.0 Å². The van der Waals surface area contributed by atoms with E-state index in [4.69, 9.17) is 28.6 Å². The summed E-state index contributed by atoms with van der Waals surface area (Å²) in [6.07, 6.45) is 1.66. The number of thioether (sulfide) groups is 1. The minimum absolute atomic E-state index is 0.211. The number of hydrogen-bond donors (Lipinski definition) is 1. The Morgan fingerprint density at radius 3 is 2.71 bits per heavy atom. The third-order valence-electron chi connectivity index (χ3n) is 5.26. The van der Waals surface area contributed by atoms with Crippen LogP contribution in [0.25, 0.3) is 11.8 Å². The Labute approximate surface area is 211 Å². The van der Waals surface area contributed by atoms with E-state index in [2.05, 4.69) is 10.5 Å². The van der Waals surface area contributed by atoms with Gasteiger partial charge in [-0.1, -0.05) is 41.6 Å². The van der Waals surface area contributed by atoms with Crippen molar-refractivity contribution < 1.29 is 14.3 Å². The lowest BCUT2D eigenvalue weighted by Crippen LogP contribution is -2.44. The van der Waals surface area contributed by atoms with Crippen LogP contribution in [0.3, 0.4) is 0 Å². The first-order valence-electron chi connectivity index (χ1n) is 10.3. The zero-order valence-corrected chi connectivity index (χ0v) is 21.3. The molecule has 34 heavy (non-hydrogen) atoms. The lowest BCUT2D eigenvalue weighted by molar-refractivity contribution is -0.123. The first-order chi connectivity index (χ1) is 16.2. The van der Waals surface area contributed by atoms with Crippen LogP contribution in [0.5, 0.6) is 5.75 Å². The quantitative estimate of drug-likeness (QED) is 0.383. The number of methoxy groups -OCH3 is 1. The molecule has 0 aliphatic carbocycles. The predicted octanol–water partition coefficient (Wildman–Crippen LogP) is 5.01. The third-order valence-corrected chi connectivity index (χ3v) is 6.92. The van der Waals surface area contributed by atoms with Gasteiger partial charge in [-0.25, -0.2) is 4.68 Å². The van der Waals surface area contributed by atoms with E-state index in [9.17, 15) is 9.59 Å². The standard InChI is InChI=1S/C24H21ClN4O3S2/c1-13-8-9-14(2)19(10-13)28-21(25)18(15(3)26-28)12-20-23(31)29(24(33)34-20)27-22(30)16-6-5-7-17(11-16)32-4/h5-12H,1-4H3,(H,27,30). The average Bonchev–Trinajstić information content (AvgIpc) is 3.25. The van der Waals surface area contributed by atoms with Gasteiger partial charge in [-0.3, -0.25) is 15.0 Å². The highest BCUT2D eigenvalue weighted by atomic mass is 35.5. The number of benzene rings is 2. The monoisotopic (exact) mass is 512 g/mol. The van der Waals surface area contributed by atoms with Gasteiger partial charge in [0.15, 0.2) is 4.32 Å². The van der Waals surface area contributed by atoms with Crippen molar-refractivity contribution in [3.63, 3.8) is 0 Å². The fourth-order valence-corrected chi connectivity index (χ4v) is 4.89. The maximum absolute atomic E-state index is 13.0. The number of carbonyl (C=O) groups is 2. The Balaban J connectivity index is 1.61. The van der Waals surface area contributed by atoms with Crippen LogP contribution >= 0.6 is 35.6 Å². The van der Waals surface area contributed by atoms with Crippen molar-refractivity contribution in [3.05, 3.63) is 80.5 Å². The summed E-state index contributed by atoms with van der Waals surface area (Å²) < 4.78 is 7.03. The van der Waals surface area contributed by atoms with Gasteiger partial charge in [-0.2, -0.15) is 10.1 Å². The van der Waals surface area contributed by atoms with E-state index in [1.807, 2.05) is 39.0 Å². The van der Waals surface area contributed by atoms with Gasteiger partial charge in [0.25, 0.3) is 11.8 Å². The van der Waals surface area contributed by atoms with E-state index in [0.29, 0.717) is 32.6 Å². The molecule has 0 bridgehead atoms. The summed E-state index contributed by atoms with van der Waals surface area (Å²) in [5.41, 5.74) is 7.15. The Bertz CT molecular complexity index is 1370. The summed E-state index contributed by atoms with van der Waals surface area (Å²) >= 11 is 13.1. The van der Waals surface area contributed by atoms with E-state index in [1.165, 1.54) is 7.11 Å². The van der Waals surface area contributed by atoms with Crippen LogP contribution in [0.1, 0.15) is 32.7 Å². The lowest BCUT2D eigenvalue weighted by atomic mass is 10.1. The van der Waals surface area contributed by atoms with Crippen LogP contribution in [0.15, 0.2) is 47.4 Å². The minimum atomic E-state index is -0.478. The number of halogens is 1. The van der Waals surface area contributed by atoms with Gasteiger partial charge in [0.05, 0.1) is 23.4 Å². The van der Waals surface area contributed by atoms with Crippen molar-refractivity contribution in [2.24, 2.45) is 0 Å². The molecule has 7 nitrogen and oxygen atoms in total. The van der Waals surface area contributed by atoms with E-state index in [0.717, 1.165) is 33.6 Å². The van der Waals surface area contributed by atoms with Crippen molar-refractivity contribution >= 4 is 57.8 Å². The molecular weight excluding hydrogens is 492 g/mol. The summed E-state index contributed by atoms with van der Waals surface area (Å²) in [5.74, 6) is -0.390. The number of hydrogen-bond acceptors (Lipinski definition) is 6. The second-order valence-electron chi connectivity index (χ2n) is 7.68. The third kappa shape index (κ3) is 4.59. The fourth-order valence-electron chi connectivity index (χ4n) is 3.41. The van der Waals surface area contributed by atoms with Crippen molar-refractivity contribution in [3.8, 4) is 11.4 Å². The smallest absolute Gasteiger partial charge is 0.285 e. The molecule has 2 aromatic carbocycles. The van der Waals surface area contributed by atoms with E-state index < -0.39 is 11.8 Å². The average molecular weight is 513 g/mol. The Kier molecular flexibility index (Phi) is 6.79. The highest BCUT2D eigenvalue weighted by Crippen LogP contribution is 2.35. The van der Waals surface area contributed by atoms with Gasteiger partial charge in [0.1, 0.15) is 10.9 Å². The number of carbonyl (C=O) groups excluding carboxylic acids is 2. The van der Waals surface area contributed by atoms with Crippen LogP contribution in [0, 0.1) is 20.8 Å². The maximum Gasteiger partial charge on any atom is 0.285 e. The highest BCUT2D eigenvalue weighted by Gasteiger charge is 2.34. The lowest BCUT2D eigenvalue weighted by Gasteiger charge is -2.15. The number of nitrogens with zero attached hydrogens (tertiary/aromatic N) is 3. The minimum Gasteiger partial charge on any atom is -0.497 e. The summed E-state index contributed by atoms with van der Waals surface area (Å²) in [6, 6.07) is 12.7. The number of amides is 2. The molecule has 2 amide bonds. The normalized spacial score (nSPS) is 14.7. The first kappa shape index (κ1) is 24.0.